The summed E-state index contributed by atoms with van der Waals surface area (Å²) in [4.78, 5) is 39.1. The number of imide groups is 1. The first-order valence-electron chi connectivity index (χ1n) is 12.4. The van der Waals surface area contributed by atoms with Crippen LogP contribution in [0.3, 0.4) is 0 Å². The standard InChI is InChI=1S/C30H27Cl2N3O6/c1-4-7-20-12-19(15-26(40-3)28(20)41-17-18-10-11-21(31)22(32)13-18)14-24-29(37)35(30(38)34-24)16-27(36)33-23-8-5-6-9-25(23)39-2/h4-6,8-15H,1,7,16-17H2,2-3H3,(H,33,36)(H,34,38)/b24-14+. The molecule has 0 bridgehead atoms. The van der Waals surface area contributed by atoms with Gasteiger partial charge in [-0.15, -0.1) is 6.58 Å². The highest BCUT2D eigenvalue weighted by Crippen LogP contribution is 2.35. The second-order valence-electron chi connectivity index (χ2n) is 8.87. The van der Waals surface area contributed by atoms with Gasteiger partial charge in [-0.3, -0.25) is 9.59 Å². The van der Waals surface area contributed by atoms with E-state index in [1.54, 1.807) is 54.6 Å². The Labute approximate surface area is 247 Å². The van der Waals surface area contributed by atoms with Crippen LogP contribution in [-0.4, -0.2) is 43.5 Å². The summed E-state index contributed by atoms with van der Waals surface area (Å²) >= 11 is 12.1. The number of carbonyl (C=O) groups is 3. The summed E-state index contributed by atoms with van der Waals surface area (Å²) in [6.07, 6.45) is 3.66. The highest BCUT2D eigenvalue weighted by molar-refractivity contribution is 6.42. The van der Waals surface area contributed by atoms with Crippen LogP contribution in [0.5, 0.6) is 17.2 Å². The lowest BCUT2D eigenvalue weighted by Crippen LogP contribution is -2.38. The Kier molecular flexibility index (Phi) is 9.54. The number of ether oxygens (including phenoxy) is 3. The summed E-state index contributed by atoms with van der Waals surface area (Å²) < 4.78 is 16.9. The van der Waals surface area contributed by atoms with Crippen LogP contribution in [0, 0.1) is 0 Å². The average molecular weight is 596 g/mol. The molecule has 0 aromatic heterocycles. The molecule has 1 fully saturated rings. The Morgan fingerprint density at radius 2 is 1.78 bits per heavy atom. The number of rotatable bonds is 11. The molecule has 3 aromatic carbocycles. The van der Waals surface area contributed by atoms with Crippen LogP contribution in [0.1, 0.15) is 16.7 Å². The molecule has 1 saturated heterocycles. The van der Waals surface area contributed by atoms with Crippen molar-refractivity contribution in [3.05, 3.63) is 99.7 Å². The number of hydrogen-bond acceptors (Lipinski definition) is 6. The molecule has 1 aliphatic rings. The number of nitrogens with one attached hydrogen (secondary N) is 2. The predicted molar refractivity (Wildman–Crippen MR) is 158 cm³/mol. The fraction of sp³-hybridized carbons (Fsp3) is 0.167. The number of anilines is 1. The molecule has 0 spiro atoms. The van der Waals surface area contributed by atoms with Crippen molar-refractivity contribution < 1.29 is 28.6 Å². The topological polar surface area (TPSA) is 106 Å². The number of halogens is 2. The van der Waals surface area contributed by atoms with E-state index in [0.29, 0.717) is 45.0 Å². The van der Waals surface area contributed by atoms with Gasteiger partial charge in [0.15, 0.2) is 11.5 Å². The normalized spacial score (nSPS) is 13.7. The molecule has 11 heteroatoms. The highest BCUT2D eigenvalue weighted by atomic mass is 35.5. The van der Waals surface area contributed by atoms with Crippen molar-refractivity contribution in [2.45, 2.75) is 13.0 Å². The number of benzene rings is 3. The molecule has 3 aromatic rings. The van der Waals surface area contributed by atoms with Crippen molar-refractivity contribution in [3.63, 3.8) is 0 Å². The van der Waals surface area contributed by atoms with Gasteiger partial charge in [-0.25, -0.2) is 9.69 Å². The summed E-state index contributed by atoms with van der Waals surface area (Å²) in [7, 11) is 2.98. The third-order valence-corrected chi connectivity index (χ3v) is 6.80. The maximum absolute atomic E-state index is 13.1. The lowest BCUT2D eigenvalue weighted by atomic mass is 10.0. The molecular formula is C30H27Cl2N3O6. The second kappa shape index (κ2) is 13.3. The molecule has 1 heterocycles. The van der Waals surface area contributed by atoms with Crippen molar-refractivity contribution in [2.24, 2.45) is 0 Å². The van der Waals surface area contributed by atoms with Crippen LogP contribution in [-0.2, 0) is 22.6 Å². The van der Waals surface area contributed by atoms with E-state index in [1.807, 2.05) is 6.07 Å². The van der Waals surface area contributed by atoms with Crippen molar-refractivity contribution in [1.82, 2.24) is 10.2 Å². The number of urea groups is 1. The van der Waals surface area contributed by atoms with Gasteiger partial charge in [0.1, 0.15) is 24.6 Å². The number of nitrogens with zero attached hydrogens (tertiary/aromatic N) is 1. The zero-order valence-corrected chi connectivity index (χ0v) is 23.8. The molecule has 2 N–H and O–H groups in total. The first-order valence-corrected chi connectivity index (χ1v) is 13.2. The molecule has 4 amide bonds. The van der Waals surface area contributed by atoms with Crippen LogP contribution >= 0.6 is 23.2 Å². The molecule has 0 atom stereocenters. The molecule has 0 radical (unpaired) electrons. The third-order valence-electron chi connectivity index (χ3n) is 6.06. The zero-order valence-electron chi connectivity index (χ0n) is 22.3. The highest BCUT2D eigenvalue weighted by Gasteiger charge is 2.35. The molecule has 1 aliphatic heterocycles. The molecule has 0 saturated carbocycles. The lowest BCUT2D eigenvalue weighted by Gasteiger charge is -2.16. The summed E-state index contributed by atoms with van der Waals surface area (Å²) in [5, 5.41) is 6.05. The molecule has 9 nitrogen and oxygen atoms in total. The van der Waals surface area contributed by atoms with Gasteiger partial charge >= 0.3 is 6.03 Å². The average Bonchev–Trinajstić information content (AvgIpc) is 3.21. The Morgan fingerprint density at radius 1 is 1.02 bits per heavy atom. The number of carbonyl (C=O) groups excluding carboxylic acids is 3. The third kappa shape index (κ3) is 7.00. The van der Waals surface area contributed by atoms with Crippen LogP contribution in [0.2, 0.25) is 10.0 Å². The number of para-hydroxylation sites is 2. The first-order chi connectivity index (χ1) is 19.7. The molecular weight excluding hydrogens is 569 g/mol. The van der Waals surface area contributed by atoms with Gasteiger partial charge in [0.2, 0.25) is 5.91 Å². The van der Waals surface area contributed by atoms with Crippen LogP contribution in [0.25, 0.3) is 6.08 Å². The second-order valence-corrected chi connectivity index (χ2v) is 9.68. The van der Waals surface area contributed by atoms with Gasteiger partial charge in [-0.05, 0) is 60.0 Å². The molecule has 0 aliphatic carbocycles. The van der Waals surface area contributed by atoms with E-state index in [-0.39, 0.29) is 12.3 Å². The van der Waals surface area contributed by atoms with Gasteiger partial charge in [0.25, 0.3) is 5.91 Å². The van der Waals surface area contributed by atoms with Crippen LogP contribution < -0.4 is 24.8 Å². The van der Waals surface area contributed by atoms with Gasteiger partial charge in [0, 0.05) is 5.56 Å². The van der Waals surface area contributed by atoms with Gasteiger partial charge in [0.05, 0.1) is 30.0 Å². The fourth-order valence-electron chi connectivity index (χ4n) is 4.14. The first kappa shape index (κ1) is 29.5. The lowest BCUT2D eigenvalue weighted by molar-refractivity contribution is -0.127. The van der Waals surface area contributed by atoms with E-state index in [4.69, 9.17) is 37.4 Å². The number of allylic oxidation sites excluding steroid dienone is 1. The maximum Gasteiger partial charge on any atom is 0.329 e. The Morgan fingerprint density at radius 3 is 2.49 bits per heavy atom. The quantitative estimate of drug-likeness (QED) is 0.164. The molecule has 212 valence electrons. The van der Waals surface area contributed by atoms with E-state index in [1.165, 1.54) is 20.3 Å². The fourth-order valence-corrected chi connectivity index (χ4v) is 4.46. The minimum atomic E-state index is -0.712. The number of amides is 4. The summed E-state index contributed by atoms with van der Waals surface area (Å²) in [5.41, 5.74) is 2.56. The van der Waals surface area contributed by atoms with E-state index >= 15 is 0 Å². The van der Waals surface area contributed by atoms with Gasteiger partial charge in [-0.1, -0.05) is 47.5 Å². The van der Waals surface area contributed by atoms with E-state index in [9.17, 15) is 14.4 Å². The molecule has 41 heavy (non-hydrogen) atoms. The van der Waals surface area contributed by atoms with Crippen LogP contribution in [0.15, 0.2) is 72.9 Å². The Bertz CT molecular complexity index is 1540. The van der Waals surface area contributed by atoms with Gasteiger partial charge < -0.3 is 24.8 Å². The van der Waals surface area contributed by atoms with Crippen molar-refractivity contribution in [3.8, 4) is 17.2 Å². The van der Waals surface area contributed by atoms with E-state index < -0.39 is 24.4 Å². The minimum absolute atomic E-state index is 0.0103. The molecule has 4 rings (SSSR count). The van der Waals surface area contributed by atoms with Crippen molar-refractivity contribution in [1.29, 1.82) is 0 Å². The van der Waals surface area contributed by atoms with Crippen molar-refractivity contribution >= 4 is 52.8 Å². The van der Waals surface area contributed by atoms with E-state index in [2.05, 4.69) is 17.2 Å². The summed E-state index contributed by atoms with van der Waals surface area (Å²) in [6, 6.07) is 14.8. The number of hydrogen-bond donors (Lipinski definition) is 2. The molecule has 0 unspecified atom stereocenters. The summed E-state index contributed by atoms with van der Waals surface area (Å²) in [6.45, 7) is 3.55. The van der Waals surface area contributed by atoms with Crippen molar-refractivity contribution in [2.75, 3.05) is 26.1 Å². The predicted octanol–water partition coefficient (Wildman–Crippen LogP) is 5.85. The summed E-state index contributed by atoms with van der Waals surface area (Å²) in [5.74, 6) is 0.164. The largest absolute Gasteiger partial charge is 0.495 e. The van der Waals surface area contributed by atoms with Crippen LogP contribution in [0.4, 0.5) is 10.5 Å². The van der Waals surface area contributed by atoms with E-state index in [0.717, 1.165) is 16.0 Å². The number of methoxy groups -OCH3 is 2. The minimum Gasteiger partial charge on any atom is -0.495 e. The Hall–Kier alpha value is -4.47. The van der Waals surface area contributed by atoms with Gasteiger partial charge in [-0.2, -0.15) is 0 Å². The smallest absolute Gasteiger partial charge is 0.329 e. The zero-order chi connectivity index (χ0) is 29.5. The SMILES string of the molecule is C=CCc1cc(/C=C2/NC(=O)N(CC(=O)Nc3ccccc3OC)C2=O)cc(OC)c1OCc1ccc(Cl)c(Cl)c1. The Balaban J connectivity index is 1.53. The maximum atomic E-state index is 13.1. The monoisotopic (exact) mass is 595 g/mol.